The van der Waals surface area contributed by atoms with Gasteiger partial charge in [-0.25, -0.2) is 18.2 Å². The average molecular weight is 383 g/mol. The third-order valence-corrected chi connectivity index (χ3v) is 4.85. The predicted molar refractivity (Wildman–Crippen MR) is 89.4 cm³/mol. The third kappa shape index (κ3) is 3.55. The molecule has 0 saturated carbocycles. The van der Waals surface area contributed by atoms with E-state index in [1.165, 1.54) is 11.0 Å². The number of nitrogens with two attached hydrogens (primary N) is 1. The van der Waals surface area contributed by atoms with Gasteiger partial charge in [0.1, 0.15) is 5.60 Å². The van der Waals surface area contributed by atoms with Gasteiger partial charge in [-0.3, -0.25) is 9.59 Å². The number of morpholine rings is 1. The van der Waals surface area contributed by atoms with E-state index in [9.17, 15) is 22.8 Å². The normalized spacial score (nSPS) is 25.0. The Labute approximate surface area is 154 Å². The van der Waals surface area contributed by atoms with Crippen LogP contribution in [-0.4, -0.2) is 46.9 Å². The predicted octanol–water partition coefficient (Wildman–Crippen LogP) is 2.21. The average Bonchev–Trinajstić information content (AvgIpc) is 2.58. The van der Waals surface area contributed by atoms with Crippen LogP contribution < -0.4 is 5.73 Å². The molecule has 27 heavy (non-hydrogen) atoms. The molecule has 6 nitrogen and oxygen atoms in total. The molecule has 1 atom stereocenters. The topological polar surface area (TPSA) is 85.5 Å². The zero-order valence-corrected chi connectivity index (χ0v) is 15.0. The van der Waals surface area contributed by atoms with E-state index in [-0.39, 0.29) is 31.2 Å². The minimum atomic E-state index is -2.88. The Kier molecular flexibility index (Phi) is 4.75. The molecule has 146 valence electrons. The number of amides is 1. The van der Waals surface area contributed by atoms with Crippen molar-refractivity contribution in [2.75, 3.05) is 19.7 Å². The largest absolute Gasteiger partial charge is 0.396 e. The van der Waals surface area contributed by atoms with E-state index in [2.05, 4.69) is 4.98 Å². The lowest BCUT2D eigenvalue weighted by molar-refractivity contribution is -0.135. The van der Waals surface area contributed by atoms with E-state index in [1.807, 2.05) is 0 Å². The number of hydrogen-bond acceptors (Lipinski definition) is 5. The fraction of sp³-hybridized carbons (Fsp3) is 0.500. The maximum atomic E-state index is 14.1. The fourth-order valence-corrected chi connectivity index (χ4v) is 3.67. The molecular formula is C18H20F3N3O3. The molecule has 2 heterocycles. The minimum absolute atomic E-state index is 0.0565. The van der Waals surface area contributed by atoms with Crippen LogP contribution in [0, 0.1) is 11.2 Å². The van der Waals surface area contributed by atoms with Crippen molar-refractivity contribution >= 4 is 11.7 Å². The number of aromatic nitrogens is 1. The van der Waals surface area contributed by atoms with Gasteiger partial charge in [0.25, 0.3) is 12.3 Å². The van der Waals surface area contributed by atoms with E-state index in [4.69, 9.17) is 10.5 Å². The molecule has 1 saturated heterocycles. The number of carbonyl (C=O) groups excluding carboxylic acids is 2. The van der Waals surface area contributed by atoms with Crippen LogP contribution in [0.5, 0.6) is 0 Å². The van der Waals surface area contributed by atoms with Gasteiger partial charge in [-0.15, -0.1) is 0 Å². The van der Waals surface area contributed by atoms with Crippen LogP contribution >= 0.6 is 0 Å². The second kappa shape index (κ2) is 6.63. The molecule has 1 aromatic heterocycles. The minimum Gasteiger partial charge on any atom is -0.396 e. The van der Waals surface area contributed by atoms with Crippen molar-refractivity contribution in [1.29, 1.82) is 0 Å². The molecule has 2 aliphatic rings. The summed E-state index contributed by atoms with van der Waals surface area (Å²) < 4.78 is 45.3. The van der Waals surface area contributed by atoms with Crippen LogP contribution in [-0.2, 0) is 9.53 Å². The number of ether oxygens (including phenoxy) is 1. The summed E-state index contributed by atoms with van der Waals surface area (Å²) in [6, 6.07) is 0.612. The van der Waals surface area contributed by atoms with Crippen molar-refractivity contribution in [3.05, 3.63) is 41.1 Å². The summed E-state index contributed by atoms with van der Waals surface area (Å²) in [5, 5.41) is 0. The van der Waals surface area contributed by atoms with Crippen LogP contribution in [0.4, 0.5) is 13.2 Å². The monoisotopic (exact) mass is 383 g/mol. The Morgan fingerprint density at radius 1 is 1.41 bits per heavy atom. The van der Waals surface area contributed by atoms with Crippen molar-refractivity contribution in [2.45, 2.75) is 32.3 Å². The first-order valence-corrected chi connectivity index (χ1v) is 8.45. The van der Waals surface area contributed by atoms with Gasteiger partial charge in [-0.05, 0) is 18.6 Å². The summed E-state index contributed by atoms with van der Waals surface area (Å²) in [6.07, 6.45) is -0.275. The summed E-state index contributed by atoms with van der Waals surface area (Å²) in [5.41, 5.74) is 3.05. The summed E-state index contributed by atoms with van der Waals surface area (Å²) in [6.45, 7) is 3.88. The highest BCUT2D eigenvalue weighted by molar-refractivity contribution is 6.00. The van der Waals surface area contributed by atoms with Gasteiger partial charge < -0.3 is 15.4 Å². The number of rotatable bonds is 2. The van der Waals surface area contributed by atoms with Crippen molar-refractivity contribution < 1.29 is 27.5 Å². The third-order valence-electron chi connectivity index (χ3n) is 4.85. The van der Waals surface area contributed by atoms with Crippen molar-refractivity contribution in [3.63, 3.8) is 0 Å². The lowest BCUT2D eigenvalue weighted by atomic mass is 9.71. The molecule has 1 aliphatic heterocycles. The number of carbonyl (C=O) groups is 2. The quantitative estimate of drug-likeness (QED) is 0.846. The highest BCUT2D eigenvalue weighted by Crippen LogP contribution is 2.40. The number of pyridine rings is 1. The zero-order chi connectivity index (χ0) is 20.0. The lowest BCUT2D eigenvalue weighted by Gasteiger charge is -2.46. The number of halogens is 3. The molecule has 0 aromatic carbocycles. The summed E-state index contributed by atoms with van der Waals surface area (Å²) in [5.74, 6) is -2.03. The van der Waals surface area contributed by atoms with E-state index in [0.717, 1.165) is 6.20 Å². The van der Waals surface area contributed by atoms with Crippen molar-refractivity contribution in [2.24, 2.45) is 11.1 Å². The van der Waals surface area contributed by atoms with Crippen LogP contribution in [0.15, 0.2) is 24.0 Å². The molecule has 1 aliphatic carbocycles. The van der Waals surface area contributed by atoms with Gasteiger partial charge in [0.15, 0.2) is 17.3 Å². The Hall–Kier alpha value is -2.42. The molecule has 1 aromatic rings. The maximum absolute atomic E-state index is 14.1. The molecule has 9 heteroatoms. The Balaban J connectivity index is 1.87. The number of Topliss-reactive ketones (excluding diaryl/α,β-unsaturated/α-hetero) is 1. The van der Waals surface area contributed by atoms with Gasteiger partial charge >= 0.3 is 0 Å². The smallest absolute Gasteiger partial charge is 0.275 e. The molecule has 1 amide bonds. The maximum Gasteiger partial charge on any atom is 0.275 e. The first-order valence-electron chi connectivity index (χ1n) is 8.45. The number of ketones is 1. The van der Waals surface area contributed by atoms with Crippen LogP contribution in [0.1, 0.15) is 42.7 Å². The Bertz CT molecular complexity index is 825. The van der Waals surface area contributed by atoms with Crippen LogP contribution in [0.25, 0.3) is 0 Å². The van der Waals surface area contributed by atoms with Gasteiger partial charge in [-0.2, -0.15) is 0 Å². The number of allylic oxidation sites excluding steroid dienone is 1. The Morgan fingerprint density at radius 3 is 2.70 bits per heavy atom. The summed E-state index contributed by atoms with van der Waals surface area (Å²) in [7, 11) is 0. The summed E-state index contributed by atoms with van der Waals surface area (Å²) in [4.78, 5) is 29.8. The molecule has 0 bridgehead atoms. The van der Waals surface area contributed by atoms with E-state index < -0.39 is 40.4 Å². The second-order valence-electron chi connectivity index (χ2n) is 7.53. The van der Waals surface area contributed by atoms with Gasteiger partial charge in [0.2, 0.25) is 0 Å². The second-order valence-corrected chi connectivity index (χ2v) is 7.53. The molecule has 1 unspecified atom stereocenters. The number of nitrogens with zero attached hydrogens (tertiary/aromatic N) is 2. The molecule has 1 fully saturated rings. The number of hydrogen-bond donors (Lipinski definition) is 1. The van der Waals surface area contributed by atoms with E-state index >= 15 is 0 Å². The lowest BCUT2D eigenvalue weighted by Crippen LogP contribution is -2.57. The summed E-state index contributed by atoms with van der Waals surface area (Å²) >= 11 is 0. The van der Waals surface area contributed by atoms with Crippen molar-refractivity contribution in [3.8, 4) is 0 Å². The Morgan fingerprint density at radius 2 is 2.11 bits per heavy atom. The zero-order valence-electron chi connectivity index (χ0n) is 15.0. The first kappa shape index (κ1) is 19.3. The molecular weight excluding hydrogens is 363 g/mol. The van der Waals surface area contributed by atoms with Crippen LogP contribution in [0.3, 0.4) is 0 Å². The van der Waals surface area contributed by atoms with Crippen LogP contribution in [0.2, 0.25) is 0 Å². The number of alkyl halides is 2. The van der Waals surface area contributed by atoms with Gasteiger partial charge in [0, 0.05) is 23.7 Å². The van der Waals surface area contributed by atoms with Gasteiger partial charge in [-0.1, -0.05) is 13.8 Å². The van der Waals surface area contributed by atoms with Crippen molar-refractivity contribution in [1.82, 2.24) is 9.88 Å². The highest BCUT2D eigenvalue weighted by atomic mass is 19.3. The molecule has 0 radical (unpaired) electrons. The molecule has 2 N–H and O–H groups in total. The van der Waals surface area contributed by atoms with E-state index in [0.29, 0.717) is 12.5 Å². The SMILES string of the molecule is CC1(C)CC2(C=C(N)C1=O)CN(C(=O)c1ncc(C(F)F)cc1F)CCO2. The standard InChI is InChI=1S/C18H20F3N3O3/c1-17(2)8-18(6-12(22)14(17)25)9-24(3-4-27-18)16(26)13-11(19)5-10(7-23-13)15(20)21/h5-7,15H,3-4,8-9,22H2,1-2H3. The molecule has 1 spiro atoms. The fourth-order valence-electron chi connectivity index (χ4n) is 3.67. The highest BCUT2D eigenvalue weighted by Gasteiger charge is 2.48. The van der Waals surface area contributed by atoms with Gasteiger partial charge in [0.05, 0.1) is 18.8 Å². The molecule has 3 rings (SSSR count). The first-order chi connectivity index (χ1) is 12.5. The van der Waals surface area contributed by atoms with E-state index in [1.54, 1.807) is 13.8 Å².